The Balaban J connectivity index is 1.80. The van der Waals surface area contributed by atoms with Gasteiger partial charge in [-0.25, -0.2) is 4.98 Å². The second kappa shape index (κ2) is 10.2. The first-order valence-corrected chi connectivity index (χ1v) is 11.7. The summed E-state index contributed by atoms with van der Waals surface area (Å²) in [5, 5.41) is 7.05. The van der Waals surface area contributed by atoms with Gasteiger partial charge in [0.25, 0.3) is 0 Å². The van der Waals surface area contributed by atoms with E-state index >= 15 is 0 Å². The first kappa shape index (κ1) is 24.9. The number of carbonyl (C=O) groups excluding carboxylic acids is 1. The first-order chi connectivity index (χ1) is 17.2. The number of pyridine rings is 1. The molecule has 1 amide bonds. The third-order valence-electron chi connectivity index (χ3n) is 5.83. The molecule has 0 aliphatic carbocycles. The molecule has 8 heteroatoms. The zero-order valence-corrected chi connectivity index (χ0v) is 21.4. The number of methoxy groups -OCH3 is 2. The first-order valence-electron chi connectivity index (χ1n) is 11.7. The second-order valence-electron chi connectivity index (χ2n) is 9.54. The molecule has 2 heterocycles. The normalized spacial score (nSPS) is 12.2. The molecule has 1 unspecified atom stereocenters. The molecule has 0 aliphatic heterocycles. The Morgan fingerprint density at radius 3 is 2.31 bits per heavy atom. The van der Waals surface area contributed by atoms with Crippen LogP contribution in [0.2, 0.25) is 0 Å². The zero-order chi connectivity index (χ0) is 25.9. The fraction of sp³-hybridized carbons (Fsp3) is 0.286. The molecule has 0 saturated heterocycles. The minimum Gasteiger partial charge on any atom is -0.493 e. The van der Waals surface area contributed by atoms with Crippen LogP contribution in [0.1, 0.15) is 39.3 Å². The number of carbonyl (C=O) groups is 1. The molecule has 8 nitrogen and oxygen atoms in total. The number of fused-ring (bicyclic) bond motifs is 1. The van der Waals surface area contributed by atoms with Gasteiger partial charge in [-0.05, 0) is 36.2 Å². The quantitative estimate of drug-likeness (QED) is 0.338. The van der Waals surface area contributed by atoms with Gasteiger partial charge in [-0.15, -0.1) is 0 Å². The van der Waals surface area contributed by atoms with E-state index in [0.29, 0.717) is 23.0 Å². The Hall–Kier alpha value is -4.20. The number of rotatable bonds is 7. The summed E-state index contributed by atoms with van der Waals surface area (Å²) in [5.74, 6) is 1.89. The number of aromatic nitrogens is 3. The standard InChI is InChI=1S/C28H31N5O3/c1-17(18-10-8-7-9-11-18)30-25-21-14-20(19-12-13-22(35-5)23(15-19)36-6)16-29-24(21)31-27(32-25)33-26(34)28(2,3)4/h7-17H,1-6H3,(H2,29,30,31,32,33,34). The van der Waals surface area contributed by atoms with E-state index in [1.807, 2.05) is 63.2 Å². The maximum absolute atomic E-state index is 12.6. The van der Waals surface area contributed by atoms with Gasteiger partial charge in [0.15, 0.2) is 17.1 Å². The molecule has 2 N–H and O–H groups in total. The Labute approximate surface area is 211 Å². The predicted octanol–water partition coefficient (Wildman–Crippen LogP) is 5.87. The monoisotopic (exact) mass is 485 g/mol. The molecule has 0 saturated carbocycles. The van der Waals surface area contributed by atoms with E-state index < -0.39 is 5.41 Å². The number of nitrogens with one attached hydrogen (secondary N) is 2. The van der Waals surface area contributed by atoms with Gasteiger partial charge in [0.05, 0.1) is 19.6 Å². The molecular formula is C28H31N5O3. The smallest absolute Gasteiger partial charge is 0.233 e. The van der Waals surface area contributed by atoms with Crippen LogP contribution < -0.4 is 20.1 Å². The molecule has 186 valence electrons. The van der Waals surface area contributed by atoms with E-state index in [1.54, 1.807) is 20.4 Å². The number of ether oxygens (including phenoxy) is 2. The van der Waals surface area contributed by atoms with Crippen molar-refractivity contribution in [2.75, 3.05) is 24.9 Å². The number of hydrogen-bond donors (Lipinski definition) is 2. The molecular weight excluding hydrogens is 454 g/mol. The van der Waals surface area contributed by atoms with Crippen LogP contribution in [0.5, 0.6) is 11.5 Å². The lowest BCUT2D eigenvalue weighted by molar-refractivity contribution is -0.123. The summed E-state index contributed by atoms with van der Waals surface area (Å²) in [4.78, 5) is 26.4. The largest absolute Gasteiger partial charge is 0.493 e. The number of amides is 1. The molecule has 0 aliphatic rings. The van der Waals surface area contributed by atoms with E-state index in [2.05, 4.69) is 44.6 Å². The lowest BCUT2D eigenvalue weighted by Crippen LogP contribution is -2.28. The van der Waals surface area contributed by atoms with E-state index in [4.69, 9.17) is 9.47 Å². The van der Waals surface area contributed by atoms with Crippen molar-refractivity contribution in [3.63, 3.8) is 0 Å². The van der Waals surface area contributed by atoms with Crippen molar-refractivity contribution in [2.24, 2.45) is 5.41 Å². The molecule has 2 aromatic heterocycles. The van der Waals surface area contributed by atoms with Gasteiger partial charge in [-0.1, -0.05) is 57.2 Å². The Morgan fingerprint density at radius 2 is 1.64 bits per heavy atom. The van der Waals surface area contributed by atoms with Crippen molar-refractivity contribution in [1.29, 1.82) is 0 Å². The van der Waals surface area contributed by atoms with Gasteiger partial charge in [0.2, 0.25) is 11.9 Å². The van der Waals surface area contributed by atoms with Gasteiger partial charge in [0.1, 0.15) is 5.82 Å². The van der Waals surface area contributed by atoms with Crippen molar-refractivity contribution < 1.29 is 14.3 Å². The summed E-state index contributed by atoms with van der Waals surface area (Å²) >= 11 is 0. The Bertz CT molecular complexity index is 1380. The molecule has 0 fully saturated rings. The highest BCUT2D eigenvalue weighted by atomic mass is 16.5. The summed E-state index contributed by atoms with van der Waals surface area (Å²) in [6.45, 7) is 7.58. The molecule has 36 heavy (non-hydrogen) atoms. The Morgan fingerprint density at radius 1 is 0.917 bits per heavy atom. The lowest BCUT2D eigenvalue weighted by Gasteiger charge is -2.19. The highest BCUT2D eigenvalue weighted by Crippen LogP contribution is 2.34. The van der Waals surface area contributed by atoms with Crippen LogP contribution in [0.4, 0.5) is 11.8 Å². The molecule has 0 bridgehead atoms. The van der Waals surface area contributed by atoms with Crippen LogP contribution >= 0.6 is 0 Å². The molecule has 0 radical (unpaired) electrons. The summed E-state index contributed by atoms with van der Waals surface area (Å²) in [6, 6.07) is 17.7. The number of benzene rings is 2. The van der Waals surface area contributed by atoms with E-state index in [1.165, 1.54) is 0 Å². The molecule has 4 aromatic rings. The summed E-state index contributed by atoms with van der Waals surface area (Å²) in [7, 11) is 3.21. The van der Waals surface area contributed by atoms with Crippen molar-refractivity contribution in [3.8, 4) is 22.6 Å². The average Bonchev–Trinajstić information content (AvgIpc) is 2.88. The zero-order valence-electron chi connectivity index (χ0n) is 21.4. The topological polar surface area (TPSA) is 98.3 Å². The van der Waals surface area contributed by atoms with Crippen molar-refractivity contribution in [2.45, 2.75) is 33.7 Å². The van der Waals surface area contributed by atoms with Gasteiger partial charge >= 0.3 is 0 Å². The van der Waals surface area contributed by atoms with Crippen LogP contribution in [0, 0.1) is 5.41 Å². The fourth-order valence-electron chi connectivity index (χ4n) is 3.67. The van der Waals surface area contributed by atoms with E-state index in [-0.39, 0.29) is 17.9 Å². The summed E-state index contributed by atoms with van der Waals surface area (Å²) in [6.07, 6.45) is 1.75. The van der Waals surface area contributed by atoms with Gasteiger partial charge in [-0.3, -0.25) is 10.1 Å². The maximum atomic E-state index is 12.6. The SMILES string of the molecule is COc1ccc(-c2cnc3nc(NC(=O)C(C)(C)C)nc(NC(C)c4ccccc4)c3c2)cc1OC. The van der Waals surface area contributed by atoms with Crippen molar-refractivity contribution in [1.82, 2.24) is 15.0 Å². The summed E-state index contributed by atoms with van der Waals surface area (Å²) in [5.41, 5.74) is 2.77. The lowest BCUT2D eigenvalue weighted by atomic mass is 9.96. The van der Waals surface area contributed by atoms with Crippen LogP contribution in [-0.4, -0.2) is 35.1 Å². The van der Waals surface area contributed by atoms with E-state index in [9.17, 15) is 4.79 Å². The van der Waals surface area contributed by atoms with Crippen LogP contribution in [0.15, 0.2) is 60.8 Å². The third-order valence-corrected chi connectivity index (χ3v) is 5.83. The molecule has 1 atom stereocenters. The summed E-state index contributed by atoms with van der Waals surface area (Å²) < 4.78 is 10.8. The van der Waals surface area contributed by atoms with Gasteiger partial charge in [-0.2, -0.15) is 9.97 Å². The fourth-order valence-corrected chi connectivity index (χ4v) is 3.67. The minimum atomic E-state index is -0.589. The third kappa shape index (κ3) is 5.38. The minimum absolute atomic E-state index is 0.0415. The molecule has 4 rings (SSSR count). The number of hydrogen-bond acceptors (Lipinski definition) is 7. The second-order valence-corrected chi connectivity index (χ2v) is 9.54. The van der Waals surface area contributed by atoms with Crippen LogP contribution in [0.3, 0.4) is 0 Å². The van der Waals surface area contributed by atoms with Crippen molar-refractivity contribution in [3.05, 3.63) is 66.4 Å². The van der Waals surface area contributed by atoms with Crippen LogP contribution in [-0.2, 0) is 4.79 Å². The Kier molecular flexibility index (Phi) is 7.05. The van der Waals surface area contributed by atoms with Crippen LogP contribution in [0.25, 0.3) is 22.2 Å². The average molecular weight is 486 g/mol. The van der Waals surface area contributed by atoms with E-state index in [0.717, 1.165) is 22.1 Å². The highest BCUT2D eigenvalue weighted by molar-refractivity contribution is 5.96. The van der Waals surface area contributed by atoms with Crippen molar-refractivity contribution >= 4 is 28.7 Å². The molecule has 2 aromatic carbocycles. The van der Waals surface area contributed by atoms with Gasteiger partial charge in [0, 0.05) is 23.2 Å². The maximum Gasteiger partial charge on any atom is 0.233 e. The van der Waals surface area contributed by atoms with Gasteiger partial charge < -0.3 is 14.8 Å². The predicted molar refractivity (Wildman–Crippen MR) is 142 cm³/mol. The highest BCUT2D eigenvalue weighted by Gasteiger charge is 2.23. The number of anilines is 2. The molecule has 0 spiro atoms. The number of nitrogens with zero attached hydrogens (tertiary/aromatic N) is 3.